The molecule has 3 N–H and O–H groups in total. The zero-order valence-corrected chi connectivity index (χ0v) is 20.2. The molecular formula is C28H32ClNO4. The summed E-state index contributed by atoms with van der Waals surface area (Å²) in [6.07, 6.45) is 3.23. The van der Waals surface area contributed by atoms with Crippen molar-refractivity contribution in [3.05, 3.63) is 89.0 Å². The van der Waals surface area contributed by atoms with Crippen molar-refractivity contribution in [2.45, 2.75) is 44.8 Å². The second kappa shape index (κ2) is 12.0. The Morgan fingerprint density at radius 3 is 2.53 bits per heavy atom. The summed E-state index contributed by atoms with van der Waals surface area (Å²) in [5, 5.41) is 23.5. The van der Waals surface area contributed by atoms with Crippen LogP contribution < -0.4 is 10.1 Å². The average molecular weight is 482 g/mol. The van der Waals surface area contributed by atoms with Crippen molar-refractivity contribution in [2.24, 2.45) is 0 Å². The Kier molecular flexibility index (Phi) is 9.11. The molecule has 34 heavy (non-hydrogen) atoms. The number of aliphatic hydroxyl groups excluding tert-OH is 1. The van der Waals surface area contributed by atoms with Crippen LogP contribution >= 0.6 is 12.4 Å². The minimum absolute atomic E-state index is 0. The summed E-state index contributed by atoms with van der Waals surface area (Å²) in [5.74, 6) is -0.571. The number of rotatable bonds is 9. The monoisotopic (exact) mass is 481 g/mol. The van der Waals surface area contributed by atoms with E-state index in [2.05, 4.69) is 23.5 Å². The fourth-order valence-electron chi connectivity index (χ4n) is 4.39. The Hall–Kier alpha value is -2.86. The first-order valence-electron chi connectivity index (χ1n) is 11.6. The highest BCUT2D eigenvalue weighted by atomic mass is 35.5. The molecule has 4 rings (SSSR count). The lowest BCUT2D eigenvalue weighted by atomic mass is 9.86. The minimum Gasteiger partial charge on any atom is -0.493 e. The predicted octanol–water partition coefficient (Wildman–Crippen LogP) is 5.44. The summed E-state index contributed by atoms with van der Waals surface area (Å²) in [6.45, 7) is 3.01. The molecule has 3 aromatic rings. The highest BCUT2D eigenvalue weighted by molar-refractivity contribution is 5.92. The van der Waals surface area contributed by atoms with Crippen LogP contribution in [0.1, 0.15) is 52.9 Å². The first-order chi connectivity index (χ1) is 16.0. The molecule has 0 radical (unpaired) electrons. The second-order valence-corrected chi connectivity index (χ2v) is 8.62. The van der Waals surface area contributed by atoms with Crippen LogP contribution in [-0.2, 0) is 12.8 Å². The van der Waals surface area contributed by atoms with Crippen molar-refractivity contribution in [1.82, 2.24) is 5.32 Å². The average Bonchev–Trinajstić information content (AvgIpc) is 2.85. The van der Waals surface area contributed by atoms with E-state index in [9.17, 15) is 15.0 Å². The molecule has 6 heteroatoms. The van der Waals surface area contributed by atoms with E-state index in [1.807, 2.05) is 49.4 Å². The van der Waals surface area contributed by atoms with Crippen molar-refractivity contribution >= 4 is 18.4 Å². The quantitative estimate of drug-likeness (QED) is 0.379. The number of aromatic carboxylic acids is 1. The van der Waals surface area contributed by atoms with Crippen LogP contribution in [0.25, 0.3) is 11.1 Å². The van der Waals surface area contributed by atoms with Gasteiger partial charge >= 0.3 is 5.97 Å². The van der Waals surface area contributed by atoms with Crippen molar-refractivity contribution in [2.75, 3.05) is 13.2 Å². The van der Waals surface area contributed by atoms with Gasteiger partial charge in [-0.1, -0.05) is 61.5 Å². The van der Waals surface area contributed by atoms with Crippen LogP contribution in [0.5, 0.6) is 5.75 Å². The first-order valence-corrected chi connectivity index (χ1v) is 11.6. The molecule has 0 amide bonds. The van der Waals surface area contributed by atoms with E-state index in [4.69, 9.17) is 4.74 Å². The molecule has 180 valence electrons. The van der Waals surface area contributed by atoms with E-state index < -0.39 is 12.1 Å². The highest BCUT2D eigenvalue weighted by Crippen LogP contribution is 2.31. The summed E-state index contributed by atoms with van der Waals surface area (Å²) in [6, 6.07) is 21.8. The molecule has 0 fully saturated rings. The molecule has 0 saturated carbocycles. The maximum absolute atomic E-state index is 11.6. The normalized spacial score (nSPS) is 15.6. The Bertz CT molecular complexity index is 1100. The van der Waals surface area contributed by atoms with Gasteiger partial charge in [0.05, 0.1) is 12.7 Å². The SMILES string of the molecule is CCCOc1cc(-c2ccc3c(c2)C[C@@H](NC[C@@H](O)c2ccccc2)CC3)ccc1C(=O)O.Cl. The predicted molar refractivity (Wildman–Crippen MR) is 137 cm³/mol. The van der Waals surface area contributed by atoms with Gasteiger partial charge in [0.2, 0.25) is 0 Å². The van der Waals surface area contributed by atoms with Crippen LogP contribution in [-0.4, -0.2) is 35.4 Å². The number of nitrogens with one attached hydrogen (secondary N) is 1. The maximum atomic E-state index is 11.6. The second-order valence-electron chi connectivity index (χ2n) is 8.62. The Balaban J connectivity index is 0.00000324. The van der Waals surface area contributed by atoms with Gasteiger partial charge in [-0.05, 0) is 65.6 Å². The molecule has 0 bridgehead atoms. The summed E-state index contributed by atoms with van der Waals surface area (Å²) in [4.78, 5) is 11.6. The molecule has 1 aliphatic carbocycles. The number of aryl methyl sites for hydroxylation is 1. The summed E-state index contributed by atoms with van der Waals surface area (Å²) in [7, 11) is 0. The molecule has 0 heterocycles. The number of hydrogen-bond donors (Lipinski definition) is 3. The molecule has 1 aliphatic rings. The van der Waals surface area contributed by atoms with Crippen LogP contribution in [0.15, 0.2) is 66.7 Å². The first kappa shape index (κ1) is 25.8. The van der Waals surface area contributed by atoms with Crippen LogP contribution in [0.3, 0.4) is 0 Å². The Morgan fingerprint density at radius 2 is 1.79 bits per heavy atom. The Morgan fingerprint density at radius 1 is 1.06 bits per heavy atom. The number of ether oxygens (including phenoxy) is 1. The molecule has 0 aromatic heterocycles. The number of aliphatic hydroxyl groups is 1. The van der Waals surface area contributed by atoms with Gasteiger partial charge in [0, 0.05) is 12.6 Å². The van der Waals surface area contributed by atoms with E-state index in [0.717, 1.165) is 42.4 Å². The molecule has 2 atom stereocenters. The summed E-state index contributed by atoms with van der Waals surface area (Å²) >= 11 is 0. The van der Waals surface area contributed by atoms with Gasteiger partial charge in [0.25, 0.3) is 0 Å². The summed E-state index contributed by atoms with van der Waals surface area (Å²) in [5.41, 5.74) is 5.76. The molecule has 0 spiro atoms. The molecule has 5 nitrogen and oxygen atoms in total. The number of carboxylic acid groups (broad SMARTS) is 1. The van der Waals surface area contributed by atoms with Crippen molar-refractivity contribution in [3.63, 3.8) is 0 Å². The van der Waals surface area contributed by atoms with Gasteiger partial charge in [-0.3, -0.25) is 0 Å². The van der Waals surface area contributed by atoms with Crippen molar-refractivity contribution < 1.29 is 19.7 Å². The number of halogens is 1. The van der Waals surface area contributed by atoms with E-state index >= 15 is 0 Å². The maximum Gasteiger partial charge on any atom is 0.339 e. The third-order valence-corrected chi connectivity index (χ3v) is 6.23. The standard InChI is InChI=1S/C28H31NO4.ClH/c1-2-14-33-27-17-22(11-13-25(27)28(31)32)21-9-8-19-10-12-24(16-23(19)15-21)29-18-26(30)20-6-4-3-5-7-20;/h3-9,11,13,15,17,24,26,29-30H,2,10,12,14,16,18H2,1H3,(H,31,32);1H/t24-,26+;/m0./s1. The van der Waals surface area contributed by atoms with Crippen LogP contribution in [0, 0.1) is 0 Å². The zero-order chi connectivity index (χ0) is 23.2. The lowest BCUT2D eigenvalue weighted by molar-refractivity contribution is 0.0692. The fourth-order valence-corrected chi connectivity index (χ4v) is 4.39. The van der Waals surface area contributed by atoms with E-state index in [-0.39, 0.29) is 18.0 Å². The van der Waals surface area contributed by atoms with E-state index in [1.54, 1.807) is 6.07 Å². The van der Waals surface area contributed by atoms with Crippen LogP contribution in [0.2, 0.25) is 0 Å². The number of hydrogen-bond acceptors (Lipinski definition) is 4. The largest absolute Gasteiger partial charge is 0.493 e. The van der Waals surface area contributed by atoms with Gasteiger partial charge in [0.1, 0.15) is 11.3 Å². The molecule has 0 aliphatic heterocycles. The molecule has 3 aromatic carbocycles. The number of carbonyl (C=O) groups is 1. The third kappa shape index (κ3) is 6.17. The lowest BCUT2D eigenvalue weighted by Crippen LogP contribution is -2.37. The highest BCUT2D eigenvalue weighted by Gasteiger charge is 2.20. The van der Waals surface area contributed by atoms with Crippen LogP contribution in [0.4, 0.5) is 0 Å². The van der Waals surface area contributed by atoms with E-state index in [1.165, 1.54) is 11.1 Å². The topological polar surface area (TPSA) is 78.8 Å². The van der Waals surface area contributed by atoms with Crippen molar-refractivity contribution in [3.8, 4) is 16.9 Å². The van der Waals surface area contributed by atoms with Gasteiger partial charge in [-0.15, -0.1) is 12.4 Å². The number of benzene rings is 3. The van der Waals surface area contributed by atoms with E-state index in [0.29, 0.717) is 24.9 Å². The number of fused-ring (bicyclic) bond motifs is 1. The number of carboxylic acids is 1. The molecular weight excluding hydrogens is 450 g/mol. The van der Waals surface area contributed by atoms with Crippen molar-refractivity contribution in [1.29, 1.82) is 0 Å². The molecule has 0 saturated heterocycles. The fraction of sp³-hybridized carbons (Fsp3) is 0.321. The smallest absolute Gasteiger partial charge is 0.339 e. The molecule has 0 unspecified atom stereocenters. The van der Waals surface area contributed by atoms with Gasteiger partial charge < -0.3 is 20.3 Å². The van der Waals surface area contributed by atoms with Gasteiger partial charge in [-0.25, -0.2) is 4.79 Å². The Labute approximate surface area is 207 Å². The summed E-state index contributed by atoms with van der Waals surface area (Å²) < 4.78 is 5.72. The van der Waals surface area contributed by atoms with Gasteiger partial charge in [0.15, 0.2) is 0 Å². The lowest BCUT2D eigenvalue weighted by Gasteiger charge is -2.27. The zero-order valence-electron chi connectivity index (χ0n) is 19.4. The van der Waals surface area contributed by atoms with Gasteiger partial charge in [-0.2, -0.15) is 0 Å². The third-order valence-electron chi connectivity index (χ3n) is 6.23. The minimum atomic E-state index is -0.982.